The van der Waals surface area contributed by atoms with E-state index in [0.717, 1.165) is 22.9 Å². The summed E-state index contributed by atoms with van der Waals surface area (Å²) >= 11 is 0. The van der Waals surface area contributed by atoms with Gasteiger partial charge in [0, 0.05) is 12.1 Å². The van der Waals surface area contributed by atoms with Crippen LogP contribution >= 0.6 is 0 Å². The predicted octanol–water partition coefficient (Wildman–Crippen LogP) is 3.97. The van der Waals surface area contributed by atoms with E-state index in [4.69, 9.17) is 4.74 Å². The first-order valence-corrected chi connectivity index (χ1v) is 11.3. The van der Waals surface area contributed by atoms with Crippen LogP contribution in [0.4, 0.5) is 11.4 Å². The molecule has 3 aromatic carbocycles. The fourth-order valence-corrected chi connectivity index (χ4v) is 3.58. The third-order valence-corrected chi connectivity index (χ3v) is 4.98. The van der Waals surface area contributed by atoms with E-state index in [0.29, 0.717) is 23.5 Å². The van der Waals surface area contributed by atoms with Crippen molar-refractivity contribution in [1.82, 2.24) is 0 Å². The van der Waals surface area contributed by atoms with Crippen LogP contribution in [0.25, 0.3) is 0 Å². The number of benzene rings is 3. The fraction of sp³-hybridized carbons (Fsp3) is 0.174. The summed E-state index contributed by atoms with van der Waals surface area (Å²) in [7, 11) is -3.41. The molecule has 0 spiro atoms. The second-order valence-electron chi connectivity index (χ2n) is 7.01. The lowest BCUT2D eigenvalue weighted by atomic mass is 10.0. The van der Waals surface area contributed by atoms with Crippen LogP contribution in [0.1, 0.15) is 16.7 Å². The van der Waals surface area contributed by atoms with Gasteiger partial charge in [-0.2, -0.15) is 0 Å². The van der Waals surface area contributed by atoms with E-state index in [1.165, 1.54) is 0 Å². The Balaban J connectivity index is 1.64. The molecule has 0 bridgehead atoms. The van der Waals surface area contributed by atoms with Crippen LogP contribution in [0.3, 0.4) is 0 Å². The van der Waals surface area contributed by atoms with Crippen LogP contribution in [-0.2, 0) is 21.2 Å². The van der Waals surface area contributed by atoms with E-state index in [9.17, 15) is 13.2 Å². The van der Waals surface area contributed by atoms with E-state index in [1.54, 1.807) is 25.1 Å². The second-order valence-corrected chi connectivity index (χ2v) is 8.76. The summed E-state index contributed by atoms with van der Waals surface area (Å²) in [5, 5.41) is 2.74. The van der Waals surface area contributed by atoms with E-state index in [2.05, 4.69) is 10.0 Å². The lowest BCUT2D eigenvalue weighted by Gasteiger charge is -2.13. The first-order valence-electron chi connectivity index (χ1n) is 9.43. The molecule has 0 saturated heterocycles. The Morgan fingerprint density at radius 1 is 0.967 bits per heavy atom. The van der Waals surface area contributed by atoms with Crippen molar-refractivity contribution in [3.63, 3.8) is 0 Å². The predicted molar refractivity (Wildman–Crippen MR) is 119 cm³/mol. The smallest absolute Gasteiger partial charge is 0.262 e. The van der Waals surface area contributed by atoms with Crippen molar-refractivity contribution in [2.75, 3.05) is 22.9 Å². The van der Waals surface area contributed by atoms with E-state index < -0.39 is 10.0 Å². The molecule has 0 aliphatic heterocycles. The van der Waals surface area contributed by atoms with Gasteiger partial charge in [-0.3, -0.25) is 9.52 Å². The van der Waals surface area contributed by atoms with E-state index in [1.807, 2.05) is 54.6 Å². The third kappa shape index (κ3) is 6.35. The van der Waals surface area contributed by atoms with Crippen LogP contribution in [-0.4, -0.2) is 27.2 Å². The van der Waals surface area contributed by atoms with Crippen molar-refractivity contribution < 1.29 is 17.9 Å². The van der Waals surface area contributed by atoms with Gasteiger partial charge in [0.25, 0.3) is 5.91 Å². The first-order chi connectivity index (χ1) is 14.3. The molecule has 7 heteroatoms. The number of sulfonamides is 1. The molecule has 0 atom stereocenters. The maximum absolute atomic E-state index is 12.4. The molecule has 0 saturated carbocycles. The highest BCUT2D eigenvalue weighted by Gasteiger charge is 2.10. The van der Waals surface area contributed by atoms with Gasteiger partial charge in [-0.25, -0.2) is 8.42 Å². The Labute approximate surface area is 177 Å². The van der Waals surface area contributed by atoms with E-state index >= 15 is 0 Å². The quantitative estimate of drug-likeness (QED) is 0.573. The molecular formula is C23H24N2O4S. The van der Waals surface area contributed by atoms with Crippen LogP contribution < -0.4 is 14.8 Å². The number of hydrogen-bond acceptors (Lipinski definition) is 4. The molecule has 0 aliphatic carbocycles. The molecule has 3 aromatic rings. The molecule has 3 rings (SSSR count). The minimum absolute atomic E-state index is 0.158. The summed E-state index contributed by atoms with van der Waals surface area (Å²) in [5.41, 5.74) is 3.81. The monoisotopic (exact) mass is 424 g/mol. The molecule has 156 valence electrons. The Kier molecular flexibility index (Phi) is 6.74. The summed E-state index contributed by atoms with van der Waals surface area (Å²) in [6.45, 7) is 1.63. The lowest BCUT2D eigenvalue weighted by molar-refractivity contribution is -0.118. The number of amides is 1. The topological polar surface area (TPSA) is 84.5 Å². The standard InChI is InChI=1S/C23H24N2O4S/c1-17-12-13-20(15-21(17)25-30(2,27)28)24-23(26)16-29-22-11-7-6-10-19(22)14-18-8-4-3-5-9-18/h3-13,15,25H,14,16H2,1-2H3,(H,24,26). The Hall–Kier alpha value is -3.32. The number of hydrogen-bond donors (Lipinski definition) is 2. The number of aryl methyl sites for hydroxylation is 1. The Morgan fingerprint density at radius 2 is 1.67 bits per heavy atom. The number of anilines is 2. The Morgan fingerprint density at radius 3 is 2.40 bits per heavy atom. The molecule has 1 amide bonds. The highest BCUT2D eigenvalue weighted by molar-refractivity contribution is 7.92. The zero-order chi connectivity index (χ0) is 21.6. The third-order valence-electron chi connectivity index (χ3n) is 4.39. The number of ether oxygens (including phenoxy) is 1. The largest absolute Gasteiger partial charge is 0.483 e. The summed E-state index contributed by atoms with van der Waals surface area (Å²) in [4.78, 5) is 12.4. The first kappa shape index (κ1) is 21.4. The molecule has 0 radical (unpaired) electrons. The highest BCUT2D eigenvalue weighted by atomic mass is 32.2. The molecular weight excluding hydrogens is 400 g/mol. The summed E-state index contributed by atoms with van der Waals surface area (Å²) < 4.78 is 31.2. The SMILES string of the molecule is Cc1ccc(NC(=O)COc2ccccc2Cc2ccccc2)cc1NS(C)(=O)=O. The number of rotatable bonds is 8. The Bertz CT molecular complexity index is 1130. The number of nitrogens with one attached hydrogen (secondary N) is 2. The zero-order valence-corrected chi connectivity index (χ0v) is 17.7. The molecule has 0 unspecified atom stereocenters. The molecule has 0 aromatic heterocycles. The van der Waals surface area contributed by atoms with Gasteiger partial charge in [-0.05, 0) is 41.8 Å². The molecule has 6 nitrogen and oxygen atoms in total. The highest BCUT2D eigenvalue weighted by Crippen LogP contribution is 2.23. The van der Waals surface area contributed by atoms with Crippen LogP contribution in [0.15, 0.2) is 72.8 Å². The van der Waals surface area contributed by atoms with Gasteiger partial charge in [0.1, 0.15) is 5.75 Å². The van der Waals surface area contributed by atoms with Crippen molar-refractivity contribution in [1.29, 1.82) is 0 Å². The van der Waals surface area contributed by atoms with Gasteiger partial charge < -0.3 is 10.1 Å². The number of para-hydroxylation sites is 1. The van der Waals surface area contributed by atoms with Crippen molar-refractivity contribution in [2.45, 2.75) is 13.3 Å². The van der Waals surface area contributed by atoms with Gasteiger partial charge >= 0.3 is 0 Å². The fourth-order valence-electron chi connectivity index (χ4n) is 2.96. The molecule has 2 N–H and O–H groups in total. The van der Waals surface area contributed by atoms with Crippen LogP contribution in [0, 0.1) is 6.92 Å². The molecule has 0 aliphatic rings. The average molecular weight is 425 g/mol. The summed E-state index contributed by atoms with van der Waals surface area (Å²) in [6, 6.07) is 22.7. The van der Waals surface area contributed by atoms with Gasteiger partial charge in [-0.1, -0.05) is 54.6 Å². The number of carbonyl (C=O) groups is 1. The number of carbonyl (C=O) groups excluding carboxylic acids is 1. The van der Waals surface area contributed by atoms with Gasteiger partial charge in [-0.15, -0.1) is 0 Å². The van der Waals surface area contributed by atoms with Crippen molar-refractivity contribution in [3.8, 4) is 5.75 Å². The maximum Gasteiger partial charge on any atom is 0.262 e. The van der Waals surface area contributed by atoms with Crippen LogP contribution in [0.2, 0.25) is 0 Å². The van der Waals surface area contributed by atoms with Crippen molar-refractivity contribution in [3.05, 3.63) is 89.5 Å². The van der Waals surface area contributed by atoms with Gasteiger partial charge in [0.2, 0.25) is 10.0 Å². The van der Waals surface area contributed by atoms with E-state index in [-0.39, 0.29) is 12.5 Å². The average Bonchev–Trinajstić information content (AvgIpc) is 2.70. The minimum atomic E-state index is -3.41. The molecule has 30 heavy (non-hydrogen) atoms. The van der Waals surface area contributed by atoms with Gasteiger partial charge in [0.15, 0.2) is 6.61 Å². The van der Waals surface area contributed by atoms with Crippen LogP contribution in [0.5, 0.6) is 5.75 Å². The van der Waals surface area contributed by atoms with Crippen molar-refractivity contribution in [2.24, 2.45) is 0 Å². The molecule has 0 fully saturated rings. The van der Waals surface area contributed by atoms with Gasteiger partial charge in [0.05, 0.1) is 11.9 Å². The lowest BCUT2D eigenvalue weighted by Crippen LogP contribution is -2.21. The summed E-state index contributed by atoms with van der Waals surface area (Å²) in [5.74, 6) is 0.318. The normalized spacial score (nSPS) is 11.0. The zero-order valence-electron chi connectivity index (χ0n) is 16.9. The maximum atomic E-state index is 12.4. The van der Waals surface area contributed by atoms with Crippen molar-refractivity contribution >= 4 is 27.3 Å². The minimum Gasteiger partial charge on any atom is -0.483 e. The summed E-state index contributed by atoms with van der Waals surface area (Å²) in [6.07, 6.45) is 1.79. The molecule has 0 heterocycles. The second kappa shape index (κ2) is 9.45.